The lowest BCUT2D eigenvalue weighted by atomic mass is 10.1. The smallest absolute Gasteiger partial charge is 0.119 e. The lowest BCUT2D eigenvalue weighted by Gasteiger charge is -2.09. The van der Waals surface area contributed by atoms with E-state index in [1.54, 1.807) is 19.2 Å². The van der Waals surface area contributed by atoms with Crippen molar-refractivity contribution in [1.29, 1.82) is 0 Å². The number of methoxy groups -OCH3 is 1. The van der Waals surface area contributed by atoms with Gasteiger partial charge < -0.3 is 4.74 Å². The molecule has 0 bridgehead atoms. The third kappa shape index (κ3) is 2.68. The summed E-state index contributed by atoms with van der Waals surface area (Å²) in [5.74, 6) is 0.754. The normalized spacial score (nSPS) is 10.4. The average molecular weight is 288 g/mol. The maximum absolute atomic E-state index is 6.16. The maximum atomic E-state index is 6.16. The van der Waals surface area contributed by atoms with Gasteiger partial charge >= 0.3 is 0 Å². The summed E-state index contributed by atoms with van der Waals surface area (Å²) in [5.41, 5.74) is 1.66. The first kappa shape index (κ1) is 12.6. The van der Waals surface area contributed by atoms with Gasteiger partial charge in [0.1, 0.15) is 5.75 Å². The molecule has 17 heavy (non-hydrogen) atoms. The highest BCUT2D eigenvalue weighted by atomic mass is 35.5. The lowest BCUT2D eigenvalue weighted by Crippen LogP contribution is -1.86. The van der Waals surface area contributed by atoms with Gasteiger partial charge in [-0.25, -0.2) is 0 Å². The molecule has 0 fully saturated rings. The van der Waals surface area contributed by atoms with Crippen LogP contribution in [0.5, 0.6) is 5.75 Å². The summed E-state index contributed by atoms with van der Waals surface area (Å²) < 4.78 is 5.17. The summed E-state index contributed by atoms with van der Waals surface area (Å²) >= 11 is 18.2. The fourth-order valence-electron chi connectivity index (χ4n) is 1.60. The van der Waals surface area contributed by atoms with Crippen LogP contribution in [-0.4, -0.2) is 7.11 Å². The molecule has 0 N–H and O–H groups in total. The van der Waals surface area contributed by atoms with Crippen molar-refractivity contribution in [2.24, 2.45) is 0 Å². The molecule has 0 spiro atoms. The van der Waals surface area contributed by atoms with E-state index < -0.39 is 0 Å². The van der Waals surface area contributed by atoms with Crippen LogP contribution in [0.4, 0.5) is 0 Å². The van der Waals surface area contributed by atoms with Gasteiger partial charge in [0.05, 0.1) is 17.2 Å². The minimum Gasteiger partial charge on any atom is -0.497 e. The summed E-state index contributed by atoms with van der Waals surface area (Å²) in [6, 6.07) is 10.9. The largest absolute Gasteiger partial charge is 0.497 e. The molecule has 0 atom stereocenters. The highest BCUT2D eigenvalue weighted by Crippen LogP contribution is 2.38. The van der Waals surface area contributed by atoms with Crippen LogP contribution in [0, 0.1) is 0 Å². The van der Waals surface area contributed by atoms with E-state index in [0.29, 0.717) is 15.1 Å². The van der Waals surface area contributed by atoms with Gasteiger partial charge in [-0.2, -0.15) is 0 Å². The number of ether oxygens (including phenoxy) is 1. The van der Waals surface area contributed by atoms with E-state index >= 15 is 0 Å². The minimum absolute atomic E-state index is 0.520. The van der Waals surface area contributed by atoms with E-state index in [9.17, 15) is 0 Å². The van der Waals surface area contributed by atoms with Crippen molar-refractivity contribution in [3.05, 3.63) is 51.5 Å². The topological polar surface area (TPSA) is 9.23 Å². The Morgan fingerprint density at radius 1 is 0.941 bits per heavy atom. The van der Waals surface area contributed by atoms with Gasteiger partial charge in [0.2, 0.25) is 0 Å². The van der Waals surface area contributed by atoms with Gasteiger partial charge in [-0.3, -0.25) is 0 Å². The van der Waals surface area contributed by atoms with E-state index in [0.717, 1.165) is 16.9 Å². The van der Waals surface area contributed by atoms with Crippen LogP contribution < -0.4 is 4.74 Å². The van der Waals surface area contributed by atoms with Crippen LogP contribution in [-0.2, 0) is 0 Å². The van der Waals surface area contributed by atoms with Gasteiger partial charge in [-0.05, 0) is 29.8 Å². The molecule has 0 heterocycles. The predicted molar refractivity (Wildman–Crippen MR) is 73.5 cm³/mol. The SMILES string of the molecule is COc1cccc(-c2c(Cl)cc(Cl)cc2Cl)c1. The molecule has 0 aliphatic heterocycles. The highest BCUT2D eigenvalue weighted by molar-refractivity contribution is 6.41. The Bertz CT molecular complexity index is 529. The van der Waals surface area contributed by atoms with Gasteiger partial charge in [-0.1, -0.05) is 46.9 Å². The zero-order valence-corrected chi connectivity index (χ0v) is 11.3. The Hall–Kier alpha value is -0.890. The van der Waals surface area contributed by atoms with Gasteiger partial charge in [0, 0.05) is 10.6 Å². The summed E-state index contributed by atoms with van der Waals surface area (Å²) in [7, 11) is 1.62. The van der Waals surface area contributed by atoms with Crippen LogP contribution in [0.15, 0.2) is 36.4 Å². The Labute approximate surface area is 115 Å². The van der Waals surface area contributed by atoms with E-state index in [4.69, 9.17) is 39.5 Å². The van der Waals surface area contributed by atoms with Crippen LogP contribution >= 0.6 is 34.8 Å². The number of hydrogen-bond donors (Lipinski definition) is 0. The molecule has 2 aromatic rings. The first-order valence-electron chi connectivity index (χ1n) is 4.91. The number of hydrogen-bond acceptors (Lipinski definition) is 1. The van der Waals surface area contributed by atoms with Gasteiger partial charge in [-0.15, -0.1) is 0 Å². The summed E-state index contributed by atoms with van der Waals surface area (Å²) in [6.07, 6.45) is 0. The molecule has 0 aliphatic carbocycles. The molecule has 0 aromatic heterocycles. The zero-order valence-electron chi connectivity index (χ0n) is 9.01. The molecule has 0 amide bonds. The lowest BCUT2D eigenvalue weighted by molar-refractivity contribution is 0.415. The van der Waals surface area contributed by atoms with Gasteiger partial charge in [0.15, 0.2) is 0 Å². The molecule has 2 rings (SSSR count). The average Bonchev–Trinajstić information content (AvgIpc) is 2.28. The fraction of sp³-hybridized carbons (Fsp3) is 0.0769. The monoisotopic (exact) mass is 286 g/mol. The first-order valence-corrected chi connectivity index (χ1v) is 6.04. The molecule has 4 heteroatoms. The Kier molecular flexibility index (Phi) is 3.82. The molecule has 1 nitrogen and oxygen atoms in total. The summed E-state index contributed by atoms with van der Waals surface area (Å²) in [5, 5.41) is 1.57. The second kappa shape index (κ2) is 5.18. The van der Waals surface area contributed by atoms with E-state index in [2.05, 4.69) is 0 Å². The Morgan fingerprint density at radius 2 is 1.59 bits per heavy atom. The number of rotatable bonds is 2. The molecular formula is C13H9Cl3O. The second-order valence-electron chi connectivity index (χ2n) is 3.48. The molecule has 0 radical (unpaired) electrons. The van der Waals surface area contributed by atoms with Crippen LogP contribution in [0.3, 0.4) is 0 Å². The van der Waals surface area contributed by atoms with Crippen molar-refractivity contribution in [2.75, 3.05) is 7.11 Å². The van der Waals surface area contributed by atoms with Crippen molar-refractivity contribution in [3.8, 4) is 16.9 Å². The van der Waals surface area contributed by atoms with Crippen molar-refractivity contribution in [3.63, 3.8) is 0 Å². The molecule has 88 valence electrons. The Balaban J connectivity index is 2.60. The van der Waals surface area contributed by atoms with Crippen LogP contribution in [0.25, 0.3) is 11.1 Å². The summed E-state index contributed by atoms with van der Waals surface area (Å²) in [4.78, 5) is 0. The quantitative estimate of drug-likeness (QED) is 0.726. The first-order chi connectivity index (χ1) is 8.11. The molecule has 0 unspecified atom stereocenters. The second-order valence-corrected chi connectivity index (χ2v) is 4.73. The third-order valence-electron chi connectivity index (χ3n) is 2.37. The third-order valence-corrected chi connectivity index (χ3v) is 3.18. The molecule has 0 aliphatic rings. The molecular weight excluding hydrogens is 279 g/mol. The van der Waals surface area contributed by atoms with Gasteiger partial charge in [0.25, 0.3) is 0 Å². The van der Waals surface area contributed by atoms with Crippen molar-refractivity contribution in [1.82, 2.24) is 0 Å². The van der Waals surface area contributed by atoms with Crippen molar-refractivity contribution >= 4 is 34.8 Å². The van der Waals surface area contributed by atoms with Crippen LogP contribution in [0.2, 0.25) is 15.1 Å². The zero-order chi connectivity index (χ0) is 12.4. The molecule has 0 saturated carbocycles. The Morgan fingerprint density at radius 3 is 2.18 bits per heavy atom. The highest BCUT2D eigenvalue weighted by Gasteiger charge is 2.10. The predicted octanol–water partition coefficient (Wildman–Crippen LogP) is 5.32. The standard InChI is InChI=1S/C13H9Cl3O/c1-17-10-4-2-3-8(5-10)13-11(15)6-9(14)7-12(13)16/h2-7H,1H3. The van der Waals surface area contributed by atoms with E-state index in [-0.39, 0.29) is 0 Å². The van der Waals surface area contributed by atoms with Crippen molar-refractivity contribution in [2.45, 2.75) is 0 Å². The number of benzene rings is 2. The number of halogens is 3. The molecule has 0 saturated heterocycles. The summed E-state index contributed by atoms with van der Waals surface area (Å²) in [6.45, 7) is 0. The van der Waals surface area contributed by atoms with E-state index in [1.807, 2.05) is 24.3 Å². The van der Waals surface area contributed by atoms with E-state index in [1.165, 1.54) is 0 Å². The van der Waals surface area contributed by atoms with Crippen molar-refractivity contribution < 1.29 is 4.74 Å². The fourth-order valence-corrected chi connectivity index (χ4v) is 2.63. The maximum Gasteiger partial charge on any atom is 0.119 e. The van der Waals surface area contributed by atoms with Crippen LogP contribution in [0.1, 0.15) is 0 Å². The molecule has 2 aromatic carbocycles. The minimum atomic E-state index is 0.520.